The number of carbonyl (C=O) groups excluding carboxylic acids is 3. The lowest BCUT2D eigenvalue weighted by molar-refractivity contribution is -0.163. The molecule has 2 aliphatic rings. The molecule has 10 heteroatoms. The molecule has 0 bridgehead atoms. The van der Waals surface area contributed by atoms with Crippen molar-refractivity contribution in [3.63, 3.8) is 0 Å². The molecule has 3 rings (SSSR count). The van der Waals surface area contributed by atoms with Gasteiger partial charge in [-0.3, -0.25) is 14.4 Å². The average Bonchev–Trinajstić information content (AvgIpc) is 3.18. The monoisotopic (exact) mass is 447 g/mol. The number of aliphatic hydroxyl groups excluding tert-OH is 4. The molecule has 10 nitrogen and oxygen atoms in total. The second-order valence-electron chi connectivity index (χ2n) is 7.71. The molecule has 1 spiro atoms. The Balaban J connectivity index is 1.98. The molecule has 5 N–H and O–H groups in total. The van der Waals surface area contributed by atoms with Crippen LogP contribution in [0.2, 0.25) is 0 Å². The van der Waals surface area contributed by atoms with Crippen molar-refractivity contribution in [2.45, 2.75) is 49.6 Å². The Labute approximate surface area is 183 Å². The summed E-state index contributed by atoms with van der Waals surface area (Å²) < 4.78 is 10.8. The molecule has 0 aliphatic carbocycles. The fourth-order valence-electron chi connectivity index (χ4n) is 3.81. The van der Waals surface area contributed by atoms with Crippen LogP contribution in [0.5, 0.6) is 0 Å². The van der Waals surface area contributed by atoms with Crippen molar-refractivity contribution in [3.05, 3.63) is 59.4 Å². The summed E-state index contributed by atoms with van der Waals surface area (Å²) in [5, 5.41) is 43.3. The number of aliphatic hydroxyl groups is 4. The van der Waals surface area contributed by atoms with Gasteiger partial charge in [0.1, 0.15) is 18.0 Å². The molecule has 0 aromatic heterocycles. The Bertz CT molecular complexity index is 986. The van der Waals surface area contributed by atoms with Gasteiger partial charge in [-0.25, -0.2) is 0 Å². The zero-order chi connectivity index (χ0) is 23.8. The summed E-state index contributed by atoms with van der Waals surface area (Å²) in [6.07, 6.45) is -4.08. The first-order chi connectivity index (χ1) is 15.0. The van der Waals surface area contributed by atoms with Gasteiger partial charge in [0.15, 0.2) is 6.10 Å². The van der Waals surface area contributed by atoms with E-state index in [0.717, 1.165) is 13.2 Å². The second-order valence-corrected chi connectivity index (χ2v) is 7.71. The Morgan fingerprint density at radius 2 is 1.81 bits per heavy atom. The Morgan fingerprint density at radius 3 is 2.38 bits per heavy atom. The topological polar surface area (TPSA) is 163 Å². The van der Waals surface area contributed by atoms with Gasteiger partial charge in [0.25, 0.3) is 11.5 Å². The van der Waals surface area contributed by atoms with E-state index in [2.05, 4.69) is 5.32 Å². The fraction of sp³-hybridized carbons (Fsp3) is 0.409. The summed E-state index contributed by atoms with van der Waals surface area (Å²) in [5.41, 5.74) is -5.01. The molecular formula is C22H25NO9. The number of methoxy groups -OCH3 is 1. The third-order valence-electron chi connectivity index (χ3n) is 5.60. The Morgan fingerprint density at radius 1 is 1.19 bits per heavy atom. The molecule has 0 saturated carbocycles. The highest BCUT2D eigenvalue weighted by Gasteiger charge is 2.74. The number of hydrogen-bond acceptors (Lipinski definition) is 9. The van der Waals surface area contributed by atoms with Gasteiger partial charge in [-0.05, 0) is 13.8 Å². The molecule has 6 atom stereocenters. The lowest BCUT2D eigenvalue weighted by Crippen LogP contribution is -2.60. The van der Waals surface area contributed by atoms with E-state index in [4.69, 9.17) is 9.47 Å². The number of amides is 1. The number of rotatable bonds is 7. The quantitative estimate of drug-likeness (QED) is 0.200. The first-order valence-electron chi connectivity index (χ1n) is 9.85. The van der Waals surface area contributed by atoms with Crippen molar-refractivity contribution in [2.75, 3.05) is 7.11 Å². The molecule has 1 saturated heterocycles. The molecule has 0 radical (unpaired) electrons. The molecule has 172 valence electrons. The predicted molar refractivity (Wildman–Crippen MR) is 109 cm³/mol. The minimum absolute atomic E-state index is 0.111. The van der Waals surface area contributed by atoms with Crippen LogP contribution >= 0.6 is 0 Å². The highest BCUT2D eigenvalue weighted by Crippen LogP contribution is 2.44. The summed E-state index contributed by atoms with van der Waals surface area (Å²) in [6, 6.07) is 7.73. The van der Waals surface area contributed by atoms with Crippen LogP contribution in [0.4, 0.5) is 0 Å². The molecule has 1 unspecified atom stereocenters. The number of hydrogen-bond donors (Lipinski definition) is 5. The molecule has 1 aromatic carbocycles. The molecule has 2 aliphatic heterocycles. The van der Waals surface area contributed by atoms with Crippen LogP contribution < -0.4 is 5.32 Å². The van der Waals surface area contributed by atoms with E-state index in [1.54, 1.807) is 18.2 Å². The van der Waals surface area contributed by atoms with Crippen molar-refractivity contribution < 1.29 is 44.3 Å². The van der Waals surface area contributed by atoms with Gasteiger partial charge in [-0.2, -0.15) is 0 Å². The lowest BCUT2D eigenvalue weighted by atomic mass is 9.85. The van der Waals surface area contributed by atoms with E-state index in [9.17, 15) is 34.8 Å². The van der Waals surface area contributed by atoms with E-state index >= 15 is 0 Å². The zero-order valence-corrected chi connectivity index (χ0v) is 17.7. The highest BCUT2D eigenvalue weighted by molar-refractivity contribution is 6.23. The van der Waals surface area contributed by atoms with Crippen LogP contribution in [0.15, 0.2) is 53.8 Å². The normalized spacial score (nSPS) is 30.5. The van der Waals surface area contributed by atoms with Crippen LogP contribution in [0.1, 0.15) is 24.2 Å². The molecule has 1 amide bonds. The van der Waals surface area contributed by atoms with Gasteiger partial charge in [0.05, 0.1) is 6.10 Å². The molecule has 1 fully saturated rings. The number of Topliss-reactive ketones (excluding diaryl/α,β-unsaturated/α-hetero) is 2. The maximum absolute atomic E-state index is 13.2. The molecule has 1 aromatic rings. The maximum atomic E-state index is 13.2. The van der Waals surface area contributed by atoms with Crippen LogP contribution in [0.3, 0.4) is 0 Å². The summed E-state index contributed by atoms with van der Waals surface area (Å²) in [6.45, 7) is 2.69. The molecule has 2 heterocycles. The zero-order valence-electron chi connectivity index (χ0n) is 17.7. The predicted octanol–water partition coefficient (Wildman–Crippen LogP) is -1.03. The summed E-state index contributed by atoms with van der Waals surface area (Å²) in [7, 11) is 1.09. The van der Waals surface area contributed by atoms with Crippen molar-refractivity contribution in [1.82, 2.24) is 5.32 Å². The first kappa shape index (κ1) is 23.8. The minimum atomic E-state index is -2.59. The standard InChI is InChI=1S/C22H25NO9/c1-11(24)9-10-14(25)15(26)16-12(2)17(27)21(32-16)19(29)22(31-3,23-20(21)30)18(28)13-7-5-4-6-8-13/h4-11,14-15,19,24-26,29H,1-3H3,(H,23,30)/b10-9-/t11?,14-,15-,19+,21+,22+/m0/s1. The lowest BCUT2D eigenvalue weighted by Gasteiger charge is -2.32. The summed E-state index contributed by atoms with van der Waals surface area (Å²) in [5.74, 6) is -3.35. The third kappa shape index (κ3) is 3.46. The smallest absolute Gasteiger partial charge is 0.278 e. The van der Waals surface area contributed by atoms with Crippen LogP contribution in [-0.4, -0.2) is 80.8 Å². The van der Waals surface area contributed by atoms with Crippen LogP contribution in [0, 0.1) is 0 Å². The first-order valence-corrected chi connectivity index (χ1v) is 9.85. The SMILES string of the molecule is CO[C@@]1(C(=O)c2ccccc2)NC(=O)[C@]2(OC([C@@H](O)[C@@H](O)/C=C\C(C)O)=C(C)C2=O)[C@H]1O. The second kappa shape index (κ2) is 8.57. The molecule has 32 heavy (non-hydrogen) atoms. The number of ketones is 2. The minimum Gasteiger partial charge on any atom is -0.467 e. The van der Waals surface area contributed by atoms with Gasteiger partial charge >= 0.3 is 0 Å². The van der Waals surface area contributed by atoms with Crippen molar-refractivity contribution >= 4 is 17.5 Å². The van der Waals surface area contributed by atoms with Crippen LogP contribution in [-0.2, 0) is 19.1 Å². The number of carbonyl (C=O) groups is 3. The number of ether oxygens (including phenoxy) is 2. The van der Waals surface area contributed by atoms with Crippen LogP contribution in [0.25, 0.3) is 0 Å². The van der Waals surface area contributed by atoms with E-state index < -0.39 is 59.0 Å². The summed E-state index contributed by atoms with van der Waals surface area (Å²) >= 11 is 0. The van der Waals surface area contributed by atoms with Crippen molar-refractivity contribution in [3.8, 4) is 0 Å². The fourth-order valence-corrected chi connectivity index (χ4v) is 3.81. The van der Waals surface area contributed by atoms with Gasteiger partial charge in [0.2, 0.25) is 17.3 Å². The molecular weight excluding hydrogens is 422 g/mol. The van der Waals surface area contributed by atoms with Gasteiger partial charge in [-0.1, -0.05) is 42.5 Å². The van der Waals surface area contributed by atoms with E-state index in [-0.39, 0.29) is 11.1 Å². The summed E-state index contributed by atoms with van der Waals surface area (Å²) in [4.78, 5) is 39.2. The van der Waals surface area contributed by atoms with Gasteiger partial charge in [0, 0.05) is 18.2 Å². The van der Waals surface area contributed by atoms with E-state index in [0.29, 0.717) is 0 Å². The number of benzene rings is 1. The largest absolute Gasteiger partial charge is 0.467 e. The number of nitrogens with one attached hydrogen (secondary N) is 1. The average molecular weight is 447 g/mol. The van der Waals surface area contributed by atoms with Crippen molar-refractivity contribution in [2.24, 2.45) is 0 Å². The van der Waals surface area contributed by atoms with Gasteiger partial charge in [-0.15, -0.1) is 0 Å². The maximum Gasteiger partial charge on any atom is 0.278 e. The van der Waals surface area contributed by atoms with Crippen molar-refractivity contribution in [1.29, 1.82) is 0 Å². The van der Waals surface area contributed by atoms with E-state index in [1.165, 1.54) is 32.1 Å². The third-order valence-corrected chi connectivity index (χ3v) is 5.60. The van der Waals surface area contributed by atoms with E-state index in [1.807, 2.05) is 0 Å². The Kier molecular flexibility index (Phi) is 6.36. The van der Waals surface area contributed by atoms with Gasteiger partial charge < -0.3 is 35.2 Å². The highest BCUT2D eigenvalue weighted by atomic mass is 16.6. The Hall–Kier alpha value is -2.89.